The van der Waals surface area contributed by atoms with Gasteiger partial charge in [-0.15, -0.1) is 11.3 Å². The lowest BCUT2D eigenvalue weighted by molar-refractivity contribution is -0.138. The van der Waals surface area contributed by atoms with E-state index in [0.717, 1.165) is 12.8 Å². The molecular formula is C27H24F3N5O2S. The highest BCUT2D eigenvalue weighted by molar-refractivity contribution is 7.13. The molecular weight excluding hydrogens is 515 g/mol. The maximum atomic E-state index is 14.7. The van der Waals surface area contributed by atoms with Crippen LogP contribution in [0.5, 0.6) is 11.5 Å². The number of carbonyl (C=O) groups is 1. The van der Waals surface area contributed by atoms with E-state index in [0.29, 0.717) is 23.7 Å². The lowest BCUT2D eigenvalue weighted by Gasteiger charge is -2.36. The second kappa shape index (κ2) is 10.8. The van der Waals surface area contributed by atoms with Crippen LogP contribution in [0.2, 0.25) is 0 Å². The second-order valence-electron chi connectivity index (χ2n) is 9.06. The van der Waals surface area contributed by atoms with Gasteiger partial charge in [0.15, 0.2) is 0 Å². The van der Waals surface area contributed by atoms with Gasteiger partial charge in [-0.05, 0) is 49.1 Å². The fourth-order valence-corrected chi connectivity index (χ4v) is 5.27. The third kappa shape index (κ3) is 5.62. The summed E-state index contributed by atoms with van der Waals surface area (Å²) in [6.45, 7) is 2.87. The zero-order valence-electron chi connectivity index (χ0n) is 20.4. The molecule has 0 radical (unpaired) electrons. The van der Waals surface area contributed by atoms with Gasteiger partial charge >= 0.3 is 6.18 Å². The summed E-state index contributed by atoms with van der Waals surface area (Å²) in [6.07, 6.45) is -0.0312. The Morgan fingerprint density at radius 2 is 1.95 bits per heavy atom. The molecule has 196 valence electrons. The molecule has 0 saturated carbocycles. The van der Waals surface area contributed by atoms with E-state index in [2.05, 4.69) is 20.5 Å². The van der Waals surface area contributed by atoms with Crippen molar-refractivity contribution in [2.24, 2.45) is 5.92 Å². The van der Waals surface area contributed by atoms with Gasteiger partial charge in [0.25, 0.3) is 5.91 Å². The summed E-state index contributed by atoms with van der Waals surface area (Å²) >= 11 is 1.24. The Balaban J connectivity index is 1.54. The van der Waals surface area contributed by atoms with Gasteiger partial charge in [-0.1, -0.05) is 25.1 Å². The Bertz CT molecular complexity index is 1410. The van der Waals surface area contributed by atoms with Crippen molar-refractivity contribution >= 4 is 28.6 Å². The lowest BCUT2D eigenvalue weighted by Crippen LogP contribution is -2.36. The van der Waals surface area contributed by atoms with Crippen LogP contribution in [0.25, 0.3) is 10.6 Å². The van der Waals surface area contributed by atoms with Crippen LogP contribution in [0.3, 0.4) is 0 Å². The maximum Gasteiger partial charge on any atom is 0.422 e. The van der Waals surface area contributed by atoms with Crippen LogP contribution < -0.4 is 15.0 Å². The Labute approximate surface area is 221 Å². The number of hydrogen-bond donors (Lipinski definition) is 1. The Kier molecular flexibility index (Phi) is 7.28. The van der Waals surface area contributed by atoms with Crippen LogP contribution in [-0.4, -0.2) is 34.2 Å². The first-order chi connectivity index (χ1) is 18.3. The lowest BCUT2D eigenvalue weighted by atomic mass is 9.97. The number of anilines is 2. The molecule has 1 saturated heterocycles. The SMILES string of the molecule is C[C@@H]1CCCN(c2c(NC(=O)c3csc(-c4ccnnc4)n3)ccc(Oc3ccccc3)c2C(F)(F)F)C1. The molecule has 11 heteroatoms. The molecule has 0 unspecified atom stereocenters. The molecule has 7 nitrogen and oxygen atoms in total. The number of para-hydroxylation sites is 1. The fourth-order valence-electron chi connectivity index (χ4n) is 4.48. The highest BCUT2D eigenvalue weighted by Gasteiger charge is 2.41. The monoisotopic (exact) mass is 539 g/mol. The van der Waals surface area contributed by atoms with Crippen molar-refractivity contribution in [3.63, 3.8) is 0 Å². The third-order valence-electron chi connectivity index (χ3n) is 6.18. The van der Waals surface area contributed by atoms with E-state index in [1.54, 1.807) is 46.7 Å². The van der Waals surface area contributed by atoms with E-state index < -0.39 is 17.6 Å². The number of alkyl halides is 3. The zero-order chi connectivity index (χ0) is 26.7. The summed E-state index contributed by atoms with van der Waals surface area (Å²) in [5, 5.41) is 12.3. The highest BCUT2D eigenvalue weighted by atomic mass is 32.1. The van der Waals surface area contributed by atoms with Crippen molar-refractivity contribution < 1.29 is 22.7 Å². The Morgan fingerprint density at radius 1 is 1.13 bits per heavy atom. The highest BCUT2D eigenvalue weighted by Crippen LogP contribution is 2.48. The minimum atomic E-state index is -4.73. The molecule has 38 heavy (non-hydrogen) atoms. The average Bonchev–Trinajstić information content (AvgIpc) is 3.40. The first-order valence-electron chi connectivity index (χ1n) is 12.1. The van der Waals surface area contributed by atoms with Gasteiger partial charge in [0.2, 0.25) is 0 Å². The molecule has 1 N–H and O–H groups in total. The van der Waals surface area contributed by atoms with E-state index in [4.69, 9.17) is 4.74 Å². The van der Waals surface area contributed by atoms with Crippen LogP contribution >= 0.6 is 11.3 Å². The van der Waals surface area contributed by atoms with Crippen LogP contribution in [0.15, 0.2) is 66.3 Å². The Morgan fingerprint density at radius 3 is 2.66 bits per heavy atom. The maximum absolute atomic E-state index is 14.7. The quantitative estimate of drug-likeness (QED) is 0.287. The van der Waals surface area contributed by atoms with Crippen molar-refractivity contribution in [1.29, 1.82) is 0 Å². The standard InChI is InChI=1S/C27H24F3N5O2S/c1-17-6-5-13-35(15-17)24-20(33-25(36)21-16-38-26(34-21)18-11-12-31-32-14-18)9-10-22(23(24)27(28,29)30)37-19-7-3-2-4-8-19/h2-4,7-12,14,16-17H,5-6,13,15H2,1H3,(H,33,36)/t17-/m1/s1. The minimum Gasteiger partial charge on any atom is -0.457 e. The summed E-state index contributed by atoms with van der Waals surface area (Å²) in [4.78, 5) is 19.2. The predicted molar refractivity (Wildman–Crippen MR) is 140 cm³/mol. The van der Waals surface area contributed by atoms with Crippen LogP contribution in [0.4, 0.5) is 24.5 Å². The normalized spacial score (nSPS) is 15.8. The molecule has 5 rings (SSSR count). The number of ether oxygens (including phenoxy) is 1. The van der Waals surface area contributed by atoms with E-state index in [1.807, 2.05) is 6.92 Å². The molecule has 4 aromatic rings. The van der Waals surface area contributed by atoms with Gasteiger partial charge in [-0.2, -0.15) is 23.4 Å². The summed E-state index contributed by atoms with van der Waals surface area (Å²) in [5.74, 6) is -0.447. The summed E-state index contributed by atoms with van der Waals surface area (Å²) in [6, 6.07) is 12.7. The number of hydrogen-bond acceptors (Lipinski definition) is 7. The predicted octanol–water partition coefficient (Wildman–Crippen LogP) is 6.90. The summed E-state index contributed by atoms with van der Waals surface area (Å²) in [7, 11) is 0. The third-order valence-corrected chi connectivity index (χ3v) is 7.08. The molecule has 1 aliphatic rings. The van der Waals surface area contributed by atoms with Crippen molar-refractivity contribution in [3.8, 4) is 22.1 Å². The van der Waals surface area contributed by atoms with Crippen molar-refractivity contribution in [2.45, 2.75) is 25.9 Å². The number of carbonyl (C=O) groups excluding carboxylic acids is 1. The van der Waals surface area contributed by atoms with Crippen LogP contribution in [0.1, 0.15) is 35.8 Å². The number of rotatable bonds is 6. The van der Waals surface area contributed by atoms with Gasteiger partial charge < -0.3 is 15.0 Å². The molecule has 1 amide bonds. The molecule has 2 aromatic carbocycles. The van der Waals surface area contributed by atoms with Crippen molar-refractivity contribution in [1.82, 2.24) is 15.2 Å². The molecule has 0 aliphatic carbocycles. The second-order valence-corrected chi connectivity index (χ2v) is 9.92. The van der Waals surface area contributed by atoms with E-state index in [1.165, 1.54) is 35.9 Å². The van der Waals surface area contributed by atoms with E-state index >= 15 is 0 Å². The van der Waals surface area contributed by atoms with Crippen LogP contribution in [0, 0.1) is 5.92 Å². The molecule has 0 spiro atoms. The van der Waals surface area contributed by atoms with Crippen molar-refractivity contribution in [3.05, 3.63) is 77.6 Å². The molecule has 1 fully saturated rings. The molecule has 3 heterocycles. The molecule has 0 bridgehead atoms. The number of piperidine rings is 1. The van der Waals surface area contributed by atoms with Crippen molar-refractivity contribution in [2.75, 3.05) is 23.3 Å². The van der Waals surface area contributed by atoms with Gasteiger partial charge in [0, 0.05) is 24.0 Å². The minimum absolute atomic E-state index is 0.0527. The van der Waals surface area contributed by atoms with Gasteiger partial charge in [0.05, 0.1) is 23.8 Å². The summed E-state index contributed by atoms with van der Waals surface area (Å²) < 4.78 is 49.7. The number of aromatic nitrogens is 3. The van der Waals surface area contributed by atoms with Crippen LogP contribution in [-0.2, 0) is 6.18 Å². The number of amides is 1. The molecule has 2 aromatic heterocycles. The number of nitrogens with one attached hydrogen (secondary N) is 1. The number of benzene rings is 2. The zero-order valence-corrected chi connectivity index (χ0v) is 21.2. The first-order valence-corrected chi connectivity index (χ1v) is 12.9. The number of thiazole rings is 1. The van der Waals surface area contributed by atoms with E-state index in [-0.39, 0.29) is 34.5 Å². The molecule has 1 atom stereocenters. The van der Waals surface area contributed by atoms with Gasteiger partial charge in [-0.25, -0.2) is 4.98 Å². The molecule has 1 aliphatic heterocycles. The topological polar surface area (TPSA) is 80.2 Å². The smallest absolute Gasteiger partial charge is 0.422 e. The Hall–Kier alpha value is -3.99. The summed E-state index contributed by atoms with van der Waals surface area (Å²) in [5.41, 5.74) is -0.182. The average molecular weight is 540 g/mol. The number of nitrogens with zero attached hydrogens (tertiary/aromatic N) is 4. The van der Waals surface area contributed by atoms with Gasteiger partial charge in [0.1, 0.15) is 27.8 Å². The fraction of sp³-hybridized carbons (Fsp3) is 0.259. The van der Waals surface area contributed by atoms with Gasteiger partial charge in [-0.3, -0.25) is 4.79 Å². The first kappa shape index (κ1) is 25.7. The largest absolute Gasteiger partial charge is 0.457 e. The van der Waals surface area contributed by atoms with E-state index in [9.17, 15) is 18.0 Å². The number of halogens is 3.